The van der Waals surface area contributed by atoms with Crippen molar-refractivity contribution in [2.24, 2.45) is 0 Å². The zero-order chi connectivity index (χ0) is 10.0. The number of nitrogens with zero attached hydrogens (tertiary/aromatic N) is 2. The summed E-state index contributed by atoms with van der Waals surface area (Å²) in [5, 5.41) is 4.21. The normalized spacial score (nSPS) is 10.2. The van der Waals surface area contributed by atoms with Crippen molar-refractivity contribution in [2.75, 3.05) is 7.11 Å². The maximum Gasteiger partial charge on any atom is 0.342 e. The fraction of sp³-hybridized carbons (Fsp3) is 0.500. The molecule has 1 aromatic heterocycles. The van der Waals surface area contributed by atoms with Crippen LogP contribution in [0.5, 0.6) is 0 Å². The number of carbonyl (C=O) groups excluding carboxylic acids is 1. The second-order valence-electron chi connectivity index (χ2n) is 2.56. The molecule has 0 fully saturated rings. The van der Waals surface area contributed by atoms with Gasteiger partial charge in [0.1, 0.15) is 9.26 Å². The van der Waals surface area contributed by atoms with Gasteiger partial charge in [0.05, 0.1) is 12.8 Å². The zero-order valence-electron chi connectivity index (χ0n) is 7.80. The third-order valence-electron chi connectivity index (χ3n) is 1.75. The molecule has 1 rings (SSSR count). The van der Waals surface area contributed by atoms with E-state index in [1.807, 2.05) is 6.92 Å². The topological polar surface area (TPSA) is 44.1 Å². The second-order valence-corrected chi connectivity index (χ2v) is 3.58. The Kier molecular flexibility index (Phi) is 3.29. The number of methoxy groups -OCH3 is 1. The van der Waals surface area contributed by atoms with E-state index in [1.165, 1.54) is 7.11 Å². The monoisotopic (exact) mass is 294 g/mol. The maximum atomic E-state index is 11.3. The van der Waals surface area contributed by atoms with Crippen LogP contribution in [0, 0.1) is 10.6 Å². The number of aromatic nitrogens is 2. The molecule has 0 amide bonds. The Morgan fingerprint density at radius 3 is 2.69 bits per heavy atom. The molecule has 1 aromatic rings. The number of aryl methyl sites for hydroxylation is 2. The van der Waals surface area contributed by atoms with Crippen molar-refractivity contribution in [3.8, 4) is 0 Å². The smallest absolute Gasteiger partial charge is 0.342 e. The Morgan fingerprint density at radius 2 is 2.31 bits per heavy atom. The summed E-state index contributed by atoms with van der Waals surface area (Å²) >= 11 is 2.10. The zero-order valence-corrected chi connectivity index (χ0v) is 9.95. The maximum absolute atomic E-state index is 11.3. The van der Waals surface area contributed by atoms with Gasteiger partial charge >= 0.3 is 5.97 Å². The van der Waals surface area contributed by atoms with Crippen molar-refractivity contribution >= 4 is 28.6 Å². The molecule has 0 saturated carbocycles. The van der Waals surface area contributed by atoms with Crippen molar-refractivity contribution in [3.63, 3.8) is 0 Å². The Balaban J connectivity index is 3.20. The molecule has 13 heavy (non-hydrogen) atoms. The molecule has 0 saturated heterocycles. The van der Waals surface area contributed by atoms with E-state index >= 15 is 0 Å². The first-order chi connectivity index (χ1) is 6.11. The van der Waals surface area contributed by atoms with E-state index in [0.29, 0.717) is 5.56 Å². The number of halogens is 1. The van der Waals surface area contributed by atoms with E-state index in [2.05, 4.69) is 32.4 Å². The van der Waals surface area contributed by atoms with Gasteiger partial charge in [0.2, 0.25) is 0 Å². The number of hydrogen-bond acceptors (Lipinski definition) is 3. The van der Waals surface area contributed by atoms with Gasteiger partial charge in [0, 0.05) is 6.54 Å². The van der Waals surface area contributed by atoms with Crippen LogP contribution in [-0.2, 0) is 11.3 Å². The van der Waals surface area contributed by atoms with E-state index in [1.54, 1.807) is 11.6 Å². The Bertz CT molecular complexity index is 333. The van der Waals surface area contributed by atoms with Crippen LogP contribution >= 0.6 is 22.6 Å². The Labute approximate surface area is 90.4 Å². The SMILES string of the molecule is CCn1nc(C)c(C(=O)OC)c1I. The highest BCUT2D eigenvalue weighted by Crippen LogP contribution is 2.16. The van der Waals surface area contributed by atoms with Gasteiger partial charge in [-0.15, -0.1) is 0 Å². The second kappa shape index (κ2) is 4.08. The summed E-state index contributed by atoms with van der Waals surface area (Å²) in [6.45, 7) is 4.55. The number of hydrogen-bond donors (Lipinski definition) is 0. The van der Waals surface area contributed by atoms with Gasteiger partial charge < -0.3 is 4.74 Å². The highest BCUT2D eigenvalue weighted by atomic mass is 127. The first-order valence-electron chi connectivity index (χ1n) is 3.93. The van der Waals surface area contributed by atoms with Gasteiger partial charge in [0.15, 0.2) is 0 Å². The average molecular weight is 294 g/mol. The predicted octanol–water partition coefficient (Wildman–Crippen LogP) is 1.60. The van der Waals surface area contributed by atoms with Crippen molar-refractivity contribution in [3.05, 3.63) is 15.0 Å². The summed E-state index contributed by atoms with van der Waals surface area (Å²) in [6.07, 6.45) is 0. The lowest BCUT2D eigenvalue weighted by atomic mass is 10.3. The molecule has 0 aliphatic heterocycles. The number of ether oxygens (including phenoxy) is 1. The van der Waals surface area contributed by atoms with Gasteiger partial charge in [-0.05, 0) is 36.4 Å². The van der Waals surface area contributed by atoms with Crippen LogP contribution in [0.4, 0.5) is 0 Å². The lowest BCUT2D eigenvalue weighted by Crippen LogP contribution is -2.05. The minimum absolute atomic E-state index is 0.318. The van der Waals surface area contributed by atoms with E-state index in [0.717, 1.165) is 15.9 Å². The van der Waals surface area contributed by atoms with Gasteiger partial charge in [-0.3, -0.25) is 4.68 Å². The third-order valence-corrected chi connectivity index (χ3v) is 2.85. The van der Waals surface area contributed by atoms with Crippen LogP contribution in [0.1, 0.15) is 23.0 Å². The molecule has 0 radical (unpaired) electrons. The minimum atomic E-state index is -0.318. The van der Waals surface area contributed by atoms with E-state index in [4.69, 9.17) is 0 Å². The minimum Gasteiger partial charge on any atom is -0.465 e. The quantitative estimate of drug-likeness (QED) is 0.615. The molecule has 0 bridgehead atoms. The summed E-state index contributed by atoms with van der Waals surface area (Å²) in [5.74, 6) is -0.318. The Morgan fingerprint density at radius 1 is 1.69 bits per heavy atom. The number of carbonyl (C=O) groups is 1. The van der Waals surface area contributed by atoms with Crippen molar-refractivity contribution < 1.29 is 9.53 Å². The molecule has 1 heterocycles. The third kappa shape index (κ3) is 1.84. The Hall–Kier alpha value is -0.590. The van der Waals surface area contributed by atoms with Crippen LogP contribution < -0.4 is 0 Å². The average Bonchev–Trinajstić information content (AvgIpc) is 2.40. The highest BCUT2D eigenvalue weighted by Gasteiger charge is 2.19. The summed E-state index contributed by atoms with van der Waals surface area (Å²) in [4.78, 5) is 11.3. The fourth-order valence-corrected chi connectivity index (χ4v) is 2.16. The first kappa shape index (κ1) is 10.5. The molecular weight excluding hydrogens is 283 g/mol. The first-order valence-corrected chi connectivity index (χ1v) is 5.00. The predicted molar refractivity (Wildman–Crippen MR) is 56.7 cm³/mol. The van der Waals surface area contributed by atoms with Crippen molar-refractivity contribution in [1.29, 1.82) is 0 Å². The van der Waals surface area contributed by atoms with E-state index < -0.39 is 0 Å². The molecule has 0 N–H and O–H groups in total. The van der Waals surface area contributed by atoms with Crippen LogP contribution in [0.25, 0.3) is 0 Å². The van der Waals surface area contributed by atoms with Crippen molar-refractivity contribution in [1.82, 2.24) is 9.78 Å². The van der Waals surface area contributed by atoms with E-state index in [-0.39, 0.29) is 5.97 Å². The largest absolute Gasteiger partial charge is 0.465 e. The molecule has 72 valence electrons. The molecule has 0 spiro atoms. The van der Waals surface area contributed by atoms with Gasteiger partial charge in [-0.1, -0.05) is 0 Å². The van der Waals surface area contributed by atoms with Gasteiger partial charge in [-0.25, -0.2) is 4.79 Å². The molecule has 5 heteroatoms. The highest BCUT2D eigenvalue weighted by molar-refractivity contribution is 14.1. The standard InChI is InChI=1S/C8H11IN2O2/c1-4-11-7(9)6(5(2)10-11)8(12)13-3/h4H2,1-3H3. The molecule has 0 atom stereocenters. The van der Waals surface area contributed by atoms with Crippen LogP contribution in [-0.4, -0.2) is 22.9 Å². The summed E-state index contributed by atoms with van der Waals surface area (Å²) < 4.78 is 7.28. The van der Waals surface area contributed by atoms with Crippen LogP contribution in [0.15, 0.2) is 0 Å². The summed E-state index contributed by atoms with van der Waals surface area (Å²) in [7, 11) is 1.38. The number of esters is 1. The fourth-order valence-electron chi connectivity index (χ4n) is 1.10. The summed E-state index contributed by atoms with van der Waals surface area (Å²) in [6, 6.07) is 0. The molecule has 0 unspecified atom stereocenters. The lowest BCUT2D eigenvalue weighted by molar-refractivity contribution is 0.0598. The lowest BCUT2D eigenvalue weighted by Gasteiger charge is -1.98. The van der Waals surface area contributed by atoms with Gasteiger partial charge in [-0.2, -0.15) is 5.10 Å². The van der Waals surface area contributed by atoms with Crippen LogP contribution in [0.3, 0.4) is 0 Å². The molecular formula is C8H11IN2O2. The van der Waals surface area contributed by atoms with Crippen molar-refractivity contribution in [2.45, 2.75) is 20.4 Å². The summed E-state index contributed by atoms with van der Waals surface area (Å²) in [5.41, 5.74) is 1.29. The molecule has 0 aliphatic rings. The van der Waals surface area contributed by atoms with E-state index in [9.17, 15) is 4.79 Å². The molecule has 0 aliphatic carbocycles. The number of rotatable bonds is 2. The van der Waals surface area contributed by atoms with Crippen LogP contribution in [0.2, 0.25) is 0 Å². The molecule has 4 nitrogen and oxygen atoms in total. The molecule has 0 aromatic carbocycles. The van der Waals surface area contributed by atoms with Gasteiger partial charge in [0.25, 0.3) is 0 Å².